The van der Waals surface area contributed by atoms with Gasteiger partial charge in [0, 0.05) is 26.4 Å². The number of hydrogen-bond donors (Lipinski definition) is 1. The second-order valence-electron chi connectivity index (χ2n) is 4.84. The molecule has 0 aliphatic heterocycles. The van der Waals surface area contributed by atoms with Gasteiger partial charge >= 0.3 is 0 Å². The molecule has 0 heterocycles. The van der Waals surface area contributed by atoms with Gasteiger partial charge in [-0.1, -0.05) is 13.8 Å². The zero-order valence-electron chi connectivity index (χ0n) is 11.0. The number of ether oxygens (including phenoxy) is 2. The van der Waals surface area contributed by atoms with Gasteiger partial charge in [-0.25, -0.2) is 0 Å². The van der Waals surface area contributed by atoms with Gasteiger partial charge in [0.2, 0.25) is 0 Å². The van der Waals surface area contributed by atoms with Crippen LogP contribution in [0, 0.1) is 5.92 Å². The molecule has 0 saturated heterocycles. The lowest BCUT2D eigenvalue weighted by Crippen LogP contribution is -2.45. The maximum absolute atomic E-state index is 5.98. The van der Waals surface area contributed by atoms with E-state index in [1.54, 1.807) is 7.11 Å². The lowest BCUT2D eigenvalue weighted by Gasteiger charge is -2.35. The molecule has 0 aromatic rings. The van der Waals surface area contributed by atoms with Gasteiger partial charge in [0.25, 0.3) is 0 Å². The molecular formula is C13H27NO2. The molecule has 3 atom stereocenters. The summed E-state index contributed by atoms with van der Waals surface area (Å²) in [5.41, 5.74) is 0. The van der Waals surface area contributed by atoms with E-state index in [0.717, 1.165) is 32.1 Å². The summed E-state index contributed by atoms with van der Waals surface area (Å²) in [7, 11) is 1.74. The summed E-state index contributed by atoms with van der Waals surface area (Å²) in [6, 6.07) is 0.559. The third-order valence-electron chi connectivity index (χ3n) is 3.34. The van der Waals surface area contributed by atoms with E-state index >= 15 is 0 Å². The fraction of sp³-hybridized carbons (Fsp3) is 1.00. The molecule has 96 valence electrons. The smallest absolute Gasteiger partial charge is 0.0730 e. The van der Waals surface area contributed by atoms with E-state index < -0.39 is 0 Å². The molecule has 0 radical (unpaired) electrons. The third kappa shape index (κ3) is 4.81. The van der Waals surface area contributed by atoms with Gasteiger partial charge in [-0.05, 0) is 38.1 Å². The molecule has 1 aliphatic carbocycles. The van der Waals surface area contributed by atoms with Crippen molar-refractivity contribution >= 4 is 0 Å². The molecule has 3 nitrogen and oxygen atoms in total. The van der Waals surface area contributed by atoms with E-state index in [9.17, 15) is 0 Å². The van der Waals surface area contributed by atoms with E-state index in [1.807, 2.05) is 0 Å². The highest BCUT2D eigenvalue weighted by molar-refractivity contribution is 4.84. The third-order valence-corrected chi connectivity index (χ3v) is 3.34. The SMILES string of the molecule is CCNC1CCC(C)CC1OCCCOC. The highest BCUT2D eigenvalue weighted by Crippen LogP contribution is 2.26. The Kier molecular flexibility index (Phi) is 7.01. The Labute approximate surface area is 99.9 Å². The Hall–Kier alpha value is -0.120. The molecule has 0 aromatic carbocycles. The standard InChI is InChI=1S/C13H27NO2/c1-4-14-12-7-6-11(2)10-13(12)16-9-5-8-15-3/h11-14H,4-10H2,1-3H3. The van der Waals surface area contributed by atoms with Crippen LogP contribution in [0.15, 0.2) is 0 Å². The number of nitrogens with one attached hydrogen (secondary N) is 1. The van der Waals surface area contributed by atoms with Crippen LogP contribution in [-0.2, 0) is 9.47 Å². The number of hydrogen-bond acceptors (Lipinski definition) is 3. The van der Waals surface area contributed by atoms with Crippen LogP contribution in [0.2, 0.25) is 0 Å². The normalized spacial score (nSPS) is 30.6. The van der Waals surface area contributed by atoms with Gasteiger partial charge in [0.05, 0.1) is 6.10 Å². The van der Waals surface area contributed by atoms with Crippen LogP contribution in [0.1, 0.15) is 39.5 Å². The highest BCUT2D eigenvalue weighted by Gasteiger charge is 2.28. The van der Waals surface area contributed by atoms with Crippen molar-refractivity contribution in [2.45, 2.75) is 51.7 Å². The molecule has 0 bridgehead atoms. The second-order valence-corrected chi connectivity index (χ2v) is 4.84. The zero-order chi connectivity index (χ0) is 11.8. The van der Waals surface area contributed by atoms with E-state index in [-0.39, 0.29) is 0 Å². The zero-order valence-corrected chi connectivity index (χ0v) is 11.0. The second kappa shape index (κ2) is 8.04. The van der Waals surface area contributed by atoms with Crippen LogP contribution < -0.4 is 5.32 Å². The van der Waals surface area contributed by atoms with Crippen molar-refractivity contribution in [2.75, 3.05) is 26.9 Å². The molecule has 3 unspecified atom stereocenters. The Morgan fingerprint density at radius 1 is 1.25 bits per heavy atom. The Morgan fingerprint density at radius 2 is 2.06 bits per heavy atom. The fourth-order valence-electron chi connectivity index (χ4n) is 2.45. The molecule has 0 aromatic heterocycles. The van der Waals surface area contributed by atoms with Crippen molar-refractivity contribution in [3.63, 3.8) is 0 Å². The molecule has 3 heteroatoms. The Bertz CT molecular complexity index is 175. The van der Waals surface area contributed by atoms with Crippen LogP contribution in [0.5, 0.6) is 0 Å². The average molecular weight is 229 g/mol. The molecule has 1 fully saturated rings. The summed E-state index contributed by atoms with van der Waals surface area (Å²) < 4.78 is 11.0. The minimum atomic E-state index is 0.403. The van der Waals surface area contributed by atoms with Gasteiger partial charge in [-0.15, -0.1) is 0 Å². The lowest BCUT2D eigenvalue weighted by molar-refractivity contribution is -0.0138. The van der Waals surface area contributed by atoms with Crippen LogP contribution in [-0.4, -0.2) is 39.0 Å². The first kappa shape index (κ1) is 13.9. The summed E-state index contributed by atoms with van der Waals surface area (Å²) in [6.07, 6.45) is 5.19. The lowest BCUT2D eigenvalue weighted by atomic mass is 9.85. The molecular weight excluding hydrogens is 202 g/mol. The first-order valence-corrected chi connectivity index (χ1v) is 6.61. The summed E-state index contributed by atoms with van der Waals surface area (Å²) in [5, 5.41) is 3.54. The fourth-order valence-corrected chi connectivity index (χ4v) is 2.45. The van der Waals surface area contributed by atoms with E-state index in [1.165, 1.54) is 19.3 Å². The first-order valence-electron chi connectivity index (χ1n) is 6.61. The Balaban J connectivity index is 2.26. The maximum atomic E-state index is 5.98. The molecule has 1 N–H and O–H groups in total. The number of methoxy groups -OCH3 is 1. The molecule has 1 rings (SSSR count). The number of rotatable bonds is 7. The summed E-state index contributed by atoms with van der Waals surface area (Å²) in [6.45, 7) is 7.16. The highest BCUT2D eigenvalue weighted by atomic mass is 16.5. The van der Waals surface area contributed by atoms with E-state index in [0.29, 0.717) is 12.1 Å². The van der Waals surface area contributed by atoms with Gasteiger partial charge in [0.15, 0.2) is 0 Å². The first-order chi connectivity index (χ1) is 7.77. The van der Waals surface area contributed by atoms with Crippen molar-refractivity contribution in [3.05, 3.63) is 0 Å². The Morgan fingerprint density at radius 3 is 2.75 bits per heavy atom. The van der Waals surface area contributed by atoms with Crippen LogP contribution in [0.3, 0.4) is 0 Å². The van der Waals surface area contributed by atoms with Crippen LogP contribution in [0.4, 0.5) is 0 Å². The van der Waals surface area contributed by atoms with Gasteiger partial charge in [-0.3, -0.25) is 0 Å². The number of likely N-dealkylation sites (N-methyl/N-ethyl adjacent to an activating group) is 1. The van der Waals surface area contributed by atoms with Gasteiger partial charge in [0.1, 0.15) is 0 Å². The minimum Gasteiger partial charge on any atom is -0.385 e. The van der Waals surface area contributed by atoms with Crippen molar-refractivity contribution in [3.8, 4) is 0 Å². The molecule has 1 aliphatic rings. The quantitative estimate of drug-likeness (QED) is 0.679. The van der Waals surface area contributed by atoms with Crippen LogP contribution in [0.25, 0.3) is 0 Å². The van der Waals surface area contributed by atoms with Crippen molar-refractivity contribution in [2.24, 2.45) is 5.92 Å². The van der Waals surface area contributed by atoms with Crippen molar-refractivity contribution in [1.29, 1.82) is 0 Å². The van der Waals surface area contributed by atoms with Gasteiger partial charge < -0.3 is 14.8 Å². The molecule has 1 saturated carbocycles. The van der Waals surface area contributed by atoms with Crippen molar-refractivity contribution in [1.82, 2.24) is 5.32 Å². The van der Waals surface area contributed by atoms with Gasteiger partial charge in [-0.2, -0.15) is 0 Å². The summed E-state index contributed by atoms with van der Waals surface area (Å²) >= 11 is 0. The topological polar surface area (TPSA) is 30.5 Å². The van der Waals surface area contributed by atoms with E-state index in [4.69, 9.17) is 9.47 Å². The minimum absolute atomic E-state index is 0.403. The molecule has 0 amide bonds. The predicted molar refractivity (Wildman–Crippen MR) is 66.7 cm³/mol. The van der Waals surface area contributed by atoms with Crippen molar-refractivity contribution < 1.29 is 9.47 Å². The van der Waals surface area contributed by atoms with Crippen LogP contribution >= 0.6 is 0 Å². The average Bonchev–Trinajstić information content (AvgIpc) is 2.28. The maximum Gasteiger partial charge on any atom is 0.0730 e. The monoisotopic (exact) mass is 229 g/mol. The molecule has 16 heavy (non-hydrogen) atoms. The molecule has 0 spiro atoms. The predicted octanol–water partition coefficient (Wildman–Crippen LogP) is 2.21. The van der Waals surface area contributed by atoms with E-state index in [2.05, 4.69) is 19.2 Å². The largest absolute Gasteiger partial charge is 0.385 e. The summed E-state index contributed by atoms with van der Waals surface area (Å²) in [4.78, 5) is 0. The summed E-state index contributed by atoms with van der Waals surface area (Å²) in [5.74, 6) is 0.808.